The molecule has 0 atom stereocenters. The van der Waals surface area contributed by atoms with Gasteiger partial charge in [-0.2, -0.15) is 0 Å². The molecule has 6 heteroatoms. The van der Waals surface area contributed by atoms with E-state index in [9.17, 15) is 9.59 Å². The number of carboxylic acid groups (broad SMARTS) is 1. The number of hydrogen-bond acceptors (Lipinski definition) is 4. The molecule has 0 saturated heterocycles. The Morgan fingerprint density at radius 2 is 2.00 bits per heavy atom. The van der Waals surface area contributed by atoms with E-state index in [1.165, 1.54) is 17.3 Å². The Kier molecular flexibility index (Phi) is 4.03. The quantitative estimate of drug-likeness (QED) is 0.815. The molecular formula is C11H15N3O3. The van der Waals surface area contributed by atoms with Crippen molar-refractivity contribution in [3.63, 3.8) is 0 Å². The number of aromatic nitrogens is 1. The van der Waals surface area contributed by atoms with Crippen molar-refractivity contribution in [2.45, 2.75) is 0 Å². The molecule has 92 valence electrons. The summed E-state index contributed by atoms with van der Waals surface area (Å²) in [6, 6.07) is 1.58. The molecule has 1 rings (SSSR count). The van der Waals surface area contributed by atoms with E-state index >= 15 is 0 Å². The molecule has 0 fully saturated rings. The summed E-state index contributed by atoms with van der Waals surface area (Å²) in [5.74, 6) is -1.15. The highest BCUT2D eigenvalue weighted by atomic mass is 16.4. The maximum Gasteiger partial charge on any atom is 0.339 e. The fraction of sp³-hybridized carbons (Fsp3) is 0.364. The standard InChI is InChI=1S/C11H15N3O3/c1-13(2)10(15)7-14(3)9-4-5-12-6-8(9)11(16)17/h4-6H,7H2,1-3H3,(H,16,17). The Morgan fingerprint density at radius 3 is 2.53 bits per heavy atom. The Hall–Kier alpha value is -2.11. The van der Waals surface area contributed by atoms with Crippen LogP contribution in [0.3, 0.4) is 0 Å². The second-order valence-electron chi connectivity index (χ2n) is 3.84. The van der Waals surface area contributed by atoms with E-state index in [4.69, 9.17) is 5.11 Å². The van der Waals surface area contributed by atoms with Gasteiger partial charge in [0, 0.05) is 33.5 Å². The van der Waals surface area contributed by atoms with Crippen LogP contribution in [0.15, 0.2) is 18.5 Å². The second-order valence-corrected chi connectivity index (χ2v) is 3.84. The Labute approximate surface area is 99.5 Å². The molecule has 0 aliphatic heterocycles. The average molecular weight is 237 g/mol. The zero-order valence-electron chi connectivity index (χ0n) is 10.0. The molecule has 0 aliphatic carbocycles. The van der Waals surface area contributed by atoms with Crippen LogP contribution in [-0.4, -0.2) is 54.6 Å². The molecular weight excluding hydrogens is 222 g/mol. The van der Waals surface area contributed by atoms with Gasteiger partial charge in [-0.15, -0.1) is 0 Å². The molecule has 0 aromatic carbocycles. The predicted molar refractivity (Wildman–Crippen MR) is 63.2 cm³/mol. The van der Waals surface area contributed by atoms with Crippen molar-refractivity contribution in [2.75, 3.05) is 32.6 Å². The SMILES string of the molecule is CN(C)C(=O)CN(C)c1ccncc1C(=O)O. The highest BCUT2D eigenvalue weighted by molar-refractivity contribution is 5.94. The summed E-state index contributed by atoms with van der Waals surface area (Å²) in [4.78, 5) is 29.3. The predicted octanol–water partition coefficient (Wildman–Crippen LogP) is 0.304. The van der Waals surface area contributed by atoms with Gasteiger partial charge in [0.15, 0.2) is 0 Å². The number of aromatic carboxylic acids is 1. The number of carbonyl (C=O) groups excluding carboxylic acids is 1. The van der Waals surface area contributed by atoms with Crippen LogP contribution in [-0.2, 0) is 4.79 Å². The first-order valence-corrected chi connectivity index (χ1v) is 5.02. The molecule has 1 heterocycles. The smallest absolute Gasteiger partial charge is 0.339 e. The van der Waals surface area contributed by atoms with E-state index in [1.807, 2.05) is 0 Å². The lowest BCUT2D eigenvalue weighted by Crippen LogP contribution is -2.35. The molecule has 0 aliphatic rings. The van der Waals surface area contributed by atoms with Crippen LogP contribution >= 0.6 is 0 Å². The van der Waals surface area contributed by atoms with Crippen molar-refractivity contribution in [1.82, 2.24) is 9.88 Å². The Balaban J connectivity index is 2.92. The van der Waals surface area contributed by atoms with E-state index < -0.39 is 5.97 Å². The minimum Gasteiger partial charge on any atom is -0.478 e. The van der Waals surface area contributed by atoms with Gasteiger partial charge in [0.05, 0.1) is 12.2 Å². The van der Waals surface area contributed by atoms with Crippen molar-refractivity contribution in [3.05, 3.63) is 24.0 Å². The van der Waals surface area contributed by atoms with Gasteiger partial charge in [-0.1, -0.05) is 0 Å². The first-order chi connectivity index (χ1) is 7.93. The van der Waals surface area contributed by atoms with Crippen LogP contribution in [0.25, 0.3) is 0 Å². The summed E-state index contributed by atoms with van der Waals surface area (Å²) in [6.45, 7) is 0.122. The minimum atomic E-state index is -1.06. The molecule has 0 unspecified atom stereocenters. The van der Waals surface area contributed by atoms with Gasteiger partial charge in [-0.05, 0) is 6.07 Å². The van der Waals surface area contributed by atoms with Crippen molar-refractivity contribution in [3.8, 4) is 0 Å². The van der Waals surface area contributed by atoms with Crippen LogP contribution in [0.5, 0.6) is 0 Å². The number of nitrogens with zero attached hydrogens (tertiary/aromatic N) is 3. The lowest BCUT2D eigenvalue weighted by atomic mass is 10.2. The zero-order valence-corrected chi connectivity index (χ0v) is 10.0. The number of hydrogen-bond donors (Lipinski definition) is 1. The monoisotopic (exact) mass is 237 g/mol. The van der Waals surface area contributed by atoms with Gasteiger partial charge in [-0.3, -0.25) is 9.78 Å². The largest absolute Gasteiger partial charge is 0.478 e. The molecule has 0 radical (unpaired) electrons. The average Bonchev–Trinajstić information content (AvgIpc) is 2.28. The summed E-state index contributed by atoms with van der Waals surface area (Å²) in [5, 5.41) is 9.00. The van der Waals surface area contributed by atoms with E-state index in [0.717, 1.165) is 0 Å². The molecule has 17 heavy (non-hydrogen) atoms. The van der Waals surface area contributed by atoms with Crippen molar-refractivity contribution in [2.24, 2.45) is 0 Å². The fourth-order valence-corrected chi connectivity index (χ4v) is 1.31. The third-order valence-corrected chi connectivity index (χ3v) is 2.31. The van der Waals surface area contributed by atoms with Gasteiger partial charge in [0.1, 0.15) is 5.56 Å². The number of carboxylic acids is 1. The van der Waals surface area contributed by atoms with Gasteiger partial charge in [-0.25, -0.2) is 4.79 Å². The van der Waals surface area contributed by atoms with Gasteiger partial charge >= 0.3 is 5.97 Å². The van der Waals surface area contributed by atoms with E-state index in [1.54, 1.807) is 32.1 Å². The maximum atomic E-state index is 11.5. The second kappa shape index (κ2) is 5.29. The number of rotatable bonds is 4. The first-order valence-electron chi connectivity index (χ1n) is 5.02. The molecule has 1 amide bonds. The summed E-state index contributed by atoms with van der Waals surface area (Å²) in [5.41, 5.74) is 0.559. The number of amides is 1. The third kappa shape index (κ3) is 3.17. The number of anilines is 1. The van der Waals surface area contributed by atoms with Crippen molar-refractivity contribution >= 4 is 17.6 Å². The summed E-state index contributed by atoms with van der Waals surface area (Å²) in [7, 11) is 4.98. The fourth-order valence-electron chi connectivity index (χ4n) is 1.31. The van der Waals surface area contributed by atoms with E-state index in [0.29, 0.717) is 5.69 Å². The normalized spacial score (nSPS) is 9.82. The highest BCUT2D eigenvalue weighted by Crippen LogP contribution is 2.17. The minimum absolute atomic E-state index is 0.0848. The number of carbonyl (C=O) groups is 2. The molecule has 1 N–H and O–H groups in total. The van der Waals surface area contributed by atoms with E-state index in [2.05, 4.69) is 4.98 Å². The van der Waals surface area contributed by atoms with Gasteiger partial charge in [0.2, 0.25) is 5.91 Å². The van der Waals surface area contributed by atoms with Gasteiger partial charge in [0.25, 0.3) is 0 Å². The van der Waals surface area contributed by atoms with Crippen LogP contribution in [0.1, 0.15) is 10.4 Å². The molecule has 0 saturated carbocycles. The van der Waals surface area contributed by atoms with E-state index in [-0.39, 0.29) is 18.0 Å². The van der Waals surface area contributed by atoms with Crippen molar-refractivity contribution in [1.29, 1.82) is 0 Å². The molecule has 1 aromatic rings. The molecule has 6 nitrogen and oxygen atoms in total. The maximum absolute atomic E-state index is 11.5. The van der Waals surface area contributed by atoms with Gasteiger partial charge < -0.3 is 14.9 Å². The Morgan fingerprint density at radius 1 is 1.35 bits per heavy atom. The summed E-state index contributed by atoms with van der Waals surface area (Å²) in [6.07, 6.45) is 2.77. The van der Waals surface area contributed by atoms with Crippen molar-refractivity contribution < 1.29 is 14.7 Å². The highest BCUT2D eigenvalue weighted by Gasteiger charge is 2.16. The topological polar surface area (TPSA) is 73.7 Å². The molecule has 1 aromatic heterocycles. The molecule has 0 bridgehead atoms. The number of likely N-dealkylation sites (N-methyl/N-ethyl adjacent to an activating group) is 2. The lowest BCUT2D eigenvalue weighted by molar-refractivity contribution is -0.127. The Bertz CT molecular complexity index is 432. The summed E-state index contributed by atoms with van der Waals surface area (Å²) < 4.78 is 0. The third-order valence-electron chi connectivity index (χ3n) is 2.31. The van der Waals surface area contributed by atoms with Crippen LogP contribution in [0.2, 0.25) is 0 Å². The van der Waals surface area contributed by atoms with Crippen LogP contribution in [0.4, 0.5) is 5.69 Å². The first kappa shape index (κ1) is 13.0. The van der Waals surface area contributed by atoms with Crippen LogP contribution in [0, 0.1) is 0 Å². The lowest BCUT2D eigenvalue weighted by Gasteiger charge is -2.22. The summed E-state index contributed by atoms with van der Waals surface area (Å²) >= 11 is 0. The zero-order chi connectivity index (χ0) is 13.0. The van der Waals surface area contributed by atoms with Crippen LogP contribution < -0.4 is 4.90 Å². The number of pyridine rings is 1. The molecule has 0 spiro atoms.